The van der Waals surface area contributed by atoms with Crippen molar-refractivity contribution < 1.29 is 9.90 Å². The molecule has 0 saturated carbocycles. The molecule has 8 heteroatoms. The Hall–Kier alpha value is -2.22. The Kier molecular flexibility index (Phi) is 3.70. The summed E-state index contributed by atoms with van der Waals surface area (Å²) in [5, 5.41) is 14.6. The third-order valence-electron chi connectivity index (χ3n) is 3.37. The normalized spacial score (nSPS) is 14.6. The lowest BCUT2D eigenvalue weighted by molar-refractivity contribution is 0.0696. The minimum atomic E-state index is -1.06. The molecule has 3 rings (SSSR count). The number of hydrogen-bond acceptors (Lipinski definition) is 6. The molecular weight excluding hydrogens is 292 g/mol. The van der Waals surface area contributed by atoms with Crippen molar-refractivity contribution in [3.63, 3.8) is 0 Å². The van der Waals surface area contributed by atoms with E-state index in [0.717, 1.165) is 43.0 Å². The van der Waals surface area contributed by atoms with E-state index in [2.05, 4.69) is 15.0 Å². The zero-order chi connectivity index (χ0) is 14.8. The number of carboxylic acid groups (broad SMARTS) is 1. The highest BCUT2D eigenvalue weighted by Gasteiger charge is 2.14. The van der Waals surface area contributed by atoms with Gasteiger partial charge in [-0.2, -0.15) is 5.10 Å². The standard InChI is InChI=1S/C13H14N4O3S/c18-11-5-10(16-3-1-2-4-16)6-14-17(11)7-9-8-21-12(15-9)13(19)20/h5-6,8H,1-4,7H2,(H,19,20). The summed E-state index contributed by atoms with van der Waals surface area (Å²) in [5.74, 6) is -1.06. The van der Waals surface area contributed by atoms with Crippen molar-refractivity contribution in [2.45, 2.75) is 19.4 Å². The van der Waals surface area contributed by atoms with Gasteiger partial charge in [-0.15, -0.1) is 11.3 Å². The van der Waals surface area contributed by atoms with E-state index in [1.807, 2.05) is 0 Å². The first-order valence-electron chi connectivity index (χ1n) is 6.63. The van der Waals surface area contributed by atoms with Crippen molar-refractivity contribution in [1.82, 2.24) is 14.8 Å². The molecule has 110 valence electrons. The van der Waals surface area contributed by atoms with E-state index < -0.39 is 5.97 Å². The highest BCUT2D eigenvalue weighted by atomic mass is 32.1. The van der Waals surface area contributed by atoms with Gasteiger partial charge in [-0.1, -0.05) is 0 Å². The molecule has 0 aromatic carbocycles. The summed E-state index contributed by atoms with van der Waals surface area (Å²) in [6.07, 6.45) is 3.96. The summed E-state index contributed by atoms with van der Waals surface area (Å²) in [6, 6.07) is 1.57. The van der Waals surface area contributed by atoms with Crippen molar-refractivity contribution in [1.29, 1.82) is 0 Å². The van der Waals surface area contributed by atoms with Gasteiger partial charge in [0.25, 0.3) is 5.56 Å². The summed E-state index contributed by atoms with van der Waals surface area (Å²) in [4.78, 5) is 29.0. The minimum Gasteiger partial charge on any atom is -0.476 e. The van der Waals surface area contributed by atoms with Gasteiger partial charge < -0.3 is 10.0 Å². The fourth-order valence-corrected chi connectivity index (χ4v) is 2.97. The zero-order valence-corrected chi connectivity index (χ0v) is 12.0. The summed E-state index contributed by atoms with van der Waals surface area (Å²) in [7, 11) is 0. The number of aromatic nitrogens is 3. The van der Waals surface area contributed by atoms with Crippen LogP contribution in [0.5, 0.6) is 0 Å². The maximum Gasteiger partial charge on any atom is 0.365 e. The van der Waals surface area contributed by atoms with Crippen LogP contribution in [0, 0.1) is 0 Å². The van der Waals surface area contributed by atoms with Crippen LogP contribution in [0.25, 0.3) is 0 Å². The highest BCUT2D eigenvalue weighted by molar-refractivity contribution is 7.11. The van der Waals surface area contributed by atoms with Crippen LogP contribution >= 0.6 is 11.3 Å². The average molecular weight is 306 g/mol. The number of nitrogens with zero attached hydrogens (tertiary/aromatic N) is 4. The SMILES string of the molecule is O=C(O)c1nc(Cn2ncc(N3CCCC3)cc2=O)cs1. The van der Waals surface area contributed by atoms with Gasteiger partial charge in [0.2, 0.25) is 5.01 Å². The molecule has 0 atom stereocenters. The Balaban J connectivity index is 1.79. The second-order valence-corrected chi connectivity index (χ2v) is 5.71. The van der Waals surface area contributed by atoms with E-state index >= 15 is 0 Å². The van der Waals surface area contributed by atoms with E-state index in [0.29, 0.717) is 5.69 Å². The molecule has 1 aliphatic heterocycles. The van der Waals surface area contributed by atoms with Crippen LogP contribution in [-0.2, 0) is 6.54 Å². The first-order chi connectivity index (χ1) is 10.1. The van der Waals surface area contributed by atoms with E-state index in [1.165, 1.54) is 4.68 Å². The van der Waals surface area contributed by atoms with E-state index in [-0.39, 0.29) is 17.1 Å². The van der Waals surface area contributed by atoms with Crippen LogP contribution in [0.3, 0.4) is 0 Å². The van der Waals surface area contributed by atoms with Gasteiger partial charge in [-0.05, 0) is 12.8 Å². The Morgan fingerprint density at radius 1 is 1.38 bits per heavy atom. The number of rotatable bonds is 4. The second kappa shape index (κ2) is 5.65. The number of carboxylic acids is 1. The lowest BCUT2D eigenvalue weighted by Gasteiger charge is -2.16. The predicted octanol–water partition coefficient (Wildman–Crippen LogP) is 1.05. The van der Waals surface area contributed by atoms with Gasteiger partial charge in [-0.25, -0.2) is 14.5 Å². The van der Waals surface area contributed by atoms with Gasteiger partial charge in [0.15, 0.2) is 0 Å². The number of carbonyl (C=O) groups is 1. The summed E-state index contributed by atoms with van der Waals surface area (Å²) < 4.78 is 1.29. The van der Waals surface area contributed by atoms with Crippen LogP contribution in [0.1, 0.15) is 28.3 Å². The number of thiazole rings is 1. The van der Waals surface area contributed by atoms with Crippen molar-refractivity contribution in [3.05, 3.63) is 38.7 Å². The number of aromatic carboxylic acids is 1. The third kappa shape index (κ3) is 2.94. The lowest BCUT2D eigenvalue weighted by Crippen LogP contribution is -2.26. The van der Waals surface area contributed by atoms with E-state index in [4.69, 9.17) is 5.11 Å². The van der Waals surface area contributed by atoms with E-state index in [9.17, 15) is 9.59 Å². The van der Waals surface area contributed by atoms with Crippen molar-refractivity contribution in [3.8, 4) is 0 Å². The Labute approximate surface area is 124 Å². The van der Waals surface area contributed by atoms with Crippen LogP contribution < -0.4 is 10.5 Å². The number of anilines is 1. The Morgan fingerprint density at radius 3 is 2.76 bits per heavy atom. The quantitative estimate of drug-likeness (QED) is 0.908. The first kappa shape index (κ1) is 13.7. The second-order valence-electron chi connectivity index (χ2n) is 4.85. The van der Waals surface area contributed by atoms with Gasteiger partial charge in [-0.3, -0.25) is 4.79 Å². The van der Waals surface area contributed by atoms with Crippen LogP contribution in [-0.4, -0.2) is 38.9 Å². The maximum atomic E-state index is 12.1. The maximum absolute atomic E-state index is 12.1. The van der Waals surface area contributed by atoms with Crippen molar-refractivity contribution >= 4 is 23.0 Å². The van der Waals surface area contributed by atoms with Crippen molar-refractivity contribution in [2.24, 2.45) is 0 Å². The molecule has 21 heavy (non-hydrogen) atoms. The minimum absolute atomic E-state index is 0.0201. The topological polar surface area (TPSA) is 88.3 Å². The largest absolute Gasteiger partial charge is 0.476 e. The molecule has 3 heterocycles. The third-order valence-corrected chi connectivity index (χ3v) is 4.25. The molecule has 7 nitrogen and oxygen atoms in total. The fraction of sp³-hybridized carbons (Fsp3) is 0.385. The van der Waals surface area contributed by atoms with Crippen LogP contribution in [0.2, 0.25) is 0 Å². The molecule has 0 spiro atoms. The van der Waals surface area contributed by atoms with Gasteiger partial charge in [0.05, 0.1) is 24.1 Å². The molecule has 0 unspecified atom stereocenters. The Bertz CT molecular complexity index is 718. The monoisotopic (exact) mass is 306 g/mol. The molecule has 0 amide bonds. The molecule has 1 saturated heterocycles. The number of hydrogen-bond donors (Lipinski definition) is 1. The fourth-order valence-electron chi connectivity index (χ4n) is 2.32. The molecular formula is C13H14N4O3S. The first-order valence-corrected chi connectivity index (χ1v) is 7.51. The van der Waals surface area contributed by atoms with Crippen molar-refractivity contribution in [2.75, 3.05) is 18.0 Å². The van der Waals surface area contributed by atoms with Gasteiger partial charge >= 0.3 is 5.97 Å². The summed E-state index contributed by atoms with van der Waals surface area (Å²) in [5.41, 5.74) is 1.17. The van der Waals surface area contributed by atoms with E-state index in [1.54, 1.807) is 17.6 Å². The molecule has 1 aliphatic rings. The smallest absolute Gasteiger partial charge is 0.365 e. The Morgan fingerprint density at radius 2 is 2.14 bits per heavy atom. The lowest BCUT2D eigenvalue weighted by atomic mass is 10.4. The molecule has 1 N–H and O–H groups in total. The molecule has 0 bridgehead atoms. The molecule has 0 radical (unpaired) electrons. The average Bonchev–Trinajstić information content (AvgIpc) is 3.12. The predicted molar refractivity (Wildman–Crippen MR) is 78.1 cm³/mol. The highest BCUT2D eigenvalue weighted by Crippen LogP contribution is 2.17. The zero-order valence-electron chi connectivity index (χ0n) is 11.2. The van der Waals surface area contributed by atoms with Gasteiger partial charge in [0, 0.05) is 24.5 Å². The van der Waals surface area contributed by atoms with Crippen LogP contribution in [0.4, 0.5) is 5.69 Å². The molecule has 2 aromatic heterocycles. The summed E-state index contributed by atoms with van der Waals surface area (Å²) in [6.45, 7) is 2.10. The summed E-state index contributed by atoms with van der Waals surface area (Å²) >= 11 is 1.04. The molecule has 2 aromatic rings. The van der Waals surface area contributed by atoms with Gasteiger partial charge in [0.1, 0.15) is 0 Å². The molecule has 0 aliphatic carbocycles. The molecule has 1 fully saturated rings. The van der Waals surface area contributed by atoms with Crippen LogP contribution in [0.15, 0.2) is 22.4 Å².